The second kappa shape index (κ2) is 15.5. The number of piperidine rings is 1. The number of nitrogens with one attached hydrogen (secondary N) is 1. The van der Waals surface area contributed by atoms with E-state index in [1.54, 1.807) is 19.2 Å². The lowest BCUT2D eigenvalue weighted by Crippen LogP contribution is -2.42. The molecule has 47 heavy (non-hydrogen) atoms. The van der Waals surface area contributed by atoms with E-state index in [0.29, 0.717) is 43.9 Å². The maximum Gasteiger partial charge on any atom is 0.338 e. The Morgan fingerprint density at radius 2 is 1.87 bits per heavy atom. The van der Waals surface area contributed by atoms with Crippen molar-refractivity contribution in [1.29, 1.82) is 0 Å². The molecule has 1 fully saturated rings. The number of allylic oxidation sites excluding steroid dienone is 1. The van der Waals surface area contributed by atoms with E-state index in [4.69, 9.17) is 15.2 Å². The number of likely N-dealkylation sites (tertiary alicyclic amines) is 1. The van der Waals surface area contributed by atoms with Gasteiger partial charge in [-0.05, 0) is 56.1 Å². The molecule has 12 heteroatoms. The van der Waals surface area contributed by atoms with Gasteiger partial charge < -0.3 is 20.5 Å². The molecule has 0 amide bonds. The molecule has 1 saturated heterocycles. The second-order valence-electron chi connectivity index (χ2n) is 11.9. The van der Waals surface area contributed by atoms with Crippen molar-refractivity contribution in [3.05, 3.63) is 129 Å². The molecule has 3 aromatic rings. The van der Waals surface area contributed by atoms with Crippen molar-refractivity contribution >= 4 is 17.6 Å². The highest BCUT2D eigenvalue weighted by Gasteiger charge is 2.40. The van der Waals surface area contributed by atoms with Crippen LogP contribution < -0.4 is 11.1 Å². The quantitative estimate of drug-likeness (QED) is 0.168. The van der Waals surface area contributed by atoms with Gasteiger partial charge in [0.05, 0.1) is 22.0 Å². The lowest BCUT2D eigenvalue weighted by Gasteiger charge is -2.34. The van der Waals surface area contributed by atoms with Crippen LogP contribution in [0.3, 0.4) is 0 Å². The molecule has 2 atom stereocenters. The number of carbonyl (C=O) groups excluding carboxylic acids is 2. The first-order chi connectivity index (χ1) is 22.7. The van der Waals surface area contributed by atoms with E-state index in [1.807, 2.05) is 60.6 Å². The minimum atomic E-state index is -1.05. The predicted octanol–water partition coefficient (Wildman–Crippen LogP) is 4.00. The lowest BCUT2D eigenvalue weighted by atomic mass is 9.81. The van der Waals surface area contributed by atoms with Gasteiger partial charge in [0.25, 0.3) is 5.69 Å². The molecule has 5 rings (SSSR count). The summed E-state index contributed by atoms with van der Waals surface area (Å²) < 4.78 is 11.8. The highest BCUT2D eigenvalue weighted by Crippen LogP contribution is 2.39. The van der Waals surface area contributed by atoms with Crippen LogP contribution in [0.25, 0.3) is 0 Å². The molecule has 2 unspecified atom stereocenters. The molecule has 0 bridgehead atoms. The number of aromatic nitrogens is 1. The van der Waals surface area contributed by atoms with Gasteiger partial charge in [-0.3, -0.25) is 24.9 Å². The Morgan fingerprint density at radius 1 is 1.09 bits per heavy atom. The SMILES string of the molecule is CC1=C(C(=O)OC2CCCN(Cc3cccnc3)C2)C(c2cccc([N+](=O)[O-])c2)C(C(=O)OCCN(C)Cc2ccccc2)=C(N)N1. The Morgan fingerprint density at radius 3 is 2.62 bits per heavy atom. The standard InChI is InChI=1S/C35H40N6O6/c1-24-30(35(43)47-29-14-8-16-40(23-29)22-26-11-7-15-37-20-26)31(27-12-6-13-28(19-27)41(44)45)32(33(36)38-24)34(42)46-18-17-39(2)21-25-9-4-3-5-10-25/h3-7,9-13,15,19-20,29,31,38H,8,14,16-18,21-23,36H2,1-2H3. The van der Waals surface area contributed by atoms with Crippen LogP contribution in [0.4, 0.5) is 5.69 Å². The van der Waals surface area contributed by atoms with Crippen LogP contribution in [0.2, 0.25) is 0 Å². The lowest BCUT2D eigenvalue weighted by molar-refractivity contribution is -0.384. The summed E-state index contributed by atoms with van der Waals surface area (Å²) in [7, 11) is 1.92. The van der Waals surface area contributed by atoms with Crippen molar-refractivity contribution in [2.24, 2.45) is 5.73 Å². The number of nitro benzene ring substituents is 1. The monoisotopic (exact) mass is 640 g/mol. The number of nitrogens with two attached hydrogens (primary N) is 1. The average Bonchev–Trinajstić information content (AvgIpc) is 3.05. The molecule has 246 valence electrons. The van der Waals surface area contributed by atoms with E-state index < -0.39 is 28.9 Å². The van der Waals surface area contributed by atoms with E-state index in [0.717, 1.165) is 24.1 Å². The van der Waals surface area contributed by atoms with Crippen LogP contribution in [0.15, 0.2) is 102 Å². The van der Waals surface area contributed by atoms with Gasteiger partial charge in [-0.2, -0.15) is 0 Å². The number of non-ortho nitro benzene ring substituents is 1. The zero-order valence-electron chi connectivity index (χ0n) is 26.6. The van der Waals surface area contributed by atoms with E-state index in [-0.39, 0.29) is 29.3 Å². The van der Waals surface area contributed by atoms with Gasteiger partial charge in [-0.15, -0.1) is 0 Å². The number of rotatable bonds is 12. The van der Waals surface area contributed by atoms with Crippen molar-refractivity contribution in [2.75, 3.05) is 33.3 Å². The Hall–Kier alpha value is -5.07. The van der Waals surface area contributed by atoms with Gasteiger partial charge >= 0.3 is 11.9 Å². The minimum Gasteiger partial charge on any atom is -0.461 e. The van der Waals surface area contributed by atoms with Gasteiger partial charge in [0.2, 0.25) is 0 Å². The third-order valence-electron chi connectivity index (χ3n) is 8.31. The Kier molecular flexibility index (Phi) is 11.0. The largest absolute Gasteiger partial charge is 0.461 e. The summed E-state index contributed by atoms with van der Waals surface area (Å²) >= 11 is 0. The Labute approximate surface area is 274 Å². The number of hydrogen-bond donors (Lipinski definition) is 2. The van der Waals surface area contributed by atoms with E-state index in [2.05, 4.69) is 15.2 Å². The van der Waals surface area contributed by atoms with Crippen molar-refractivity contribution in [1.82, 2.24) is 20.1 Å². The highest BCUT2D eigenvalue weighted by atomic mass is 16.6. The van der Waals surface area contributed by atoms with Gasteiger partial charge in [0.1, 0.15) is 18.5 Å². The Bertz CT molecular complexity index is 1640. The summed E-state index contributed by atoms with van der Waals surface area (Å²) in [6, 6.07) is 19.7. The molecule has 3 heterocycles. The molecular weight excluding hydrogens is 600 g/mol. The molecule has 0 radical (unpaired) electrons. The van der Waals surface area contributed by atoms with Crippen molar-refractivity contribution < 1.29 is 24.0 Å². The van der Waals surface area contributed by atoms with Crippen molar-refractivity contribution in [2.45, 2.75) is 44.9 Å². The number of dihydropyridines is 1. The predicted molar refractivity (Wildman–Crippen MR) is 175 cm³/mol. The number of esters is 2. The van der Waals surface area contributed by atoms with E-state index >= 15 is 0 Å². The summed E-state index contributed by atoms with van der Waals surface area (Å²) in [5.74, 6) is -2.38. The summed E-state index contributed by atoms with van der Waals surface area (Å²) in [6.45, 7) is 4.92. The van der Waals surface area contributed by atoms with Crippen molar-refractivity contribution in [3.8, 4) is 0 Å². The summed E-state index contributed by atoms with van der Waals surface area (Å²) in [5, 5.41) is 14.7. The van der Waals surface area contributed by atoms with Gasteiger partial charge in [0, 0.05) is 56.4 Å². The average molecular weight is 641 g/mol. The fraction of sp³-hybridized carbons (Fsp3) is 0.343. The number of nitro groups is 1. The van der Waals surface area contributed by atoms with Crippen LogP contribution in [0.1, 0.15) is 42.4 Å². The van der Waals surface area contributed by atoms with Crippen molar-refractivity contribution in [3.63, 3.8) is 0 Å². The number of pyridine rings is 1. The molecule has 0 aliphatic carbocycles. The summed E-state index contributed by atoms with van der Waals surface area (Å²) in [5.41, 5.74) is 9.29. The summed E-state index contributed by atoms with van der Waals surface area (Å²) in [6.07, 6.45) is 4.68. The van der Waals surface area contributed by atoms with Crippen LogP contribution in [0, 0.1) is 10.1 Å². The van der Waals surface area contributed by atoms with Gasteiger partial charge in [0.15, 0.2) is 0 Å². The fourth-order valence-corrected chi connectivity index (χ4v) is 6.07. The fourth-order valence-electron chi connectivity index (χ4n) is 6.07. The third kappa shape index (κ3) is 8.60. The number of ether oxygens (including phenoxy) is 2. The molecule has 0 spiro atoms. The van der Waals surface area contributed by atoms with E-state index in [9.17, 15) is 19.7 Å². The Balaban J connectivity index is 1.34. The molecule has 0 saturated carbocycles. The zero-order chi connectivity index (χ0) is 33.3. The maximum absolute atomic E-state index is 14.0. The first-order valence-electron chi connectivity index (χ1n) is 15.6. The number of benzene rings is 2. The second-order valence-corrected chi connectivity index (χ2v) is 11.9. The smallest absolute Gasteiger partial charge is 0.338 e. The molecular formula is C35H40N6O6. The highest BCUT2D eigenvalue weighted by molar-refractivity contribution is 6.00. The summed E-state index contributed by atoms with van der Waals surface area (Å²) in [4.78, 5) is 47.3. The molecule has 12 nitrogen and oxygen atoms in total. The topological polar surface area (TPSA) is 153 Å². The number of nitrogens with zero attached hydrogens (tertiary/aromatic N) is 4. The van der Waals surface area contributed by atoms with Crippen LogP contribution in [-0.2, 0) is 32.2 Å². The minimum absolute atomic E-state index is 0.00407. The first-order valence-corrected chi connectivity index (χ1v) is 15.6. The maximum atomic E-state index is 14.0. The van der Waals surface area contributed by atoms with E-state index in [1.165, 1.54) is 18.2 Å². The number of likely N-dealkylation sites (N-methyl/N-ethyl adjacent to an activating group) is 1. The molecule has 2 aliphatic rings. The normalized spacial score (nSPS) is 18.5. The zero-order valence-corrected chi connectivity index (χ0v) is 26.6. The third-order valence-corrected chi connectivity index (χ3v) is 8.31. The first kappa shape index (κ1) is 33.3. The number of carbonyl (C=O) groups is 2. The molecule has 1 aromatic heterocycles. The van der Waals surface area contributed by atoms with Crippen LogP contribution in [0.5, 0.6) is 0 Å². The van der Waals surface area contributed by atoms with Gasteiger partial charge in [-0.25, -0.2) is 9.59 Å². The molecule has 2 aliphatic heterocycles. The van der Waals surface area contributed by atoms with Gasteiger partial charge in [-0.1, -0.05) is 48.5 Å². The van der Waals surface area contributed by atoms with Crippen LogP contribution in [-0.4, -0.2) is 71.0 Å². The van der Waals surface area contributed by atoms with Crippen LogP contribution >= 0.6 is 0 Å². The number of hydrogen-bond acceptors (Lipinski definition) is 11. The molecule has 2 aromatic carbocycles. The molecule has 3 N–H and O–H groups in total.